The van der Waals surface area contributed by atoms with Crippen LogP contribution in [0.4, 0.5) is 0 Å². The van der Waals surface area contributed by atoms with Gasteiger partial charge < -0.3 is 51.1 Å². The molecule has 0 spiro atoms. The molecule has 0 aromatic carbocycles. The maximum Gasteiger partial charge on any atom is 5.00 e. The molecule has 0 aliphatic heterocycles. The van der Waals surface area contributed by atoms with Crippen molar-refractivity contribution in [2.24, 2.45) is 0 Å². The largest absolute Gasteiger partial charge is 5.00 e. The predicted octanol–water partition coefficient (Wildman–Crippen LogP) is -6.34. The third-order valence-corrected chi connectivity index (χ3v) is 0. The minimum absolute atomic E-state index is 0. The molecule has 32 heavy (non-hydrogen) atoms. The molecule has 12 heteroatoms. The average Bonchev–Trinajstić information content (AvgIpc) is 2.61. The van der Waals surface area contributed by atoms with E-state index in [1.54, 1.807) is 69.2 Å². The number of hydrogen-bond acceptors (Lipinski definition) is 10. The minimum atomic E-state index is 0. The minimum Gasteiger partial charge on any atom is -0.855 e. The van der Waals surface area contributed by atoms with E-state index >= 15 is 0 Å². The van der Waals surface area contributed by atoms with Gasteiger partial charge in [0.1, 0.15) is 0 Å². The van der Waals surface area contributed by atoms with E-state index in [1.807, 2.05) is 0 Å². The summed E-state index contributed by atoms with van der Waals surface area (Å²) >= 11 is 0. The summed E-state index contributed by atoms with van der Waals surface area (Å²) in [6.07, 6.45) is 0. The maximum atomic E-state index is 8.93. The fourth-order valence-electron chi connectivity index (χ4n) is 0. The van der Waals surface area contributed by atoms with E-state index in [4.69, 9.17) is 51.1 Å². The van der Waals surface area contributed by atoms with Crippen molar-refractivity contribution >= 4 is 0 Å². The summed E-state index contributed by atoms with van der Waals surface area (Å²) in [5, 5.41) is 89.3. The van der Waals surface area contributed by atoms with Gasteiger partial charge in [-0.1, -0.05) is 69.2 Å². The summed E-state index contributed by atoms with van der Waals surface area (Å²) in [5.41, 5.74) is 0. The average molecular weight is 636 g/mol. The van der Waals surface area contributed by atoms with Crippen LogP contribution in [0.5, 0.6) is 0 Å². The van der Waals surface area contributed by atoms with Gasteiger partial charge in [-0.15, -0.1) is 66.1 Å². The van der Waals surface area contributed by atoms with E-state index in [2.05, 4.69) is 0 Å². The van der Waals surface area contributed by atoms with Gasteiger partial charge >= 0.3 is 44.8 Å². The van der Waals surface area contributed by atoms with Crippen molar-refractivity contribution in [2.45, 2.75) is 69.2 Å². The Morgan fingerprint density at radius 2 is 0.219 bits per heavy atom. The molecule has 200 valence electrons. The standard InChI is InChI=1S/10C2H5O.2Nb/c10*1-2-3;;/h10*2H2,1H3;;/q10*-1;2*+5. The molecular formula is C20H50Nb2O10. The van der Waals surface area contributed by atoms with Crippen molar-refractivity contribution in [1.82, 2.24) is 0 Å². The van der Waals surface area contributed by atoms with Crippen LogP contribution in [-0.4, -0.2) is 66.1 Å². The zero-order valence-electron chi connectivity index (χ0n) is 22.0. The molecule has 0 amide bonds. The Bertz CT molecular complexity index is 71.6. The van der Waals surface area contributed by atoms with Gasteiger partial charge in [-0.2, -0.15) is 0 Å². The van der Waals surface area contributed by atoms with Crippen molar-refractivity contribution in [3.05, 3.63) is 0 Å². The molecule has 0 aromatic heterocycles. The van der Waals surface area contributed by atoms with Crippen LogP contribution in [0.3, 0.4) is 0 Å². The fraction of sp³-hybridized carbons (Fsp3) is 1.00. The molecule has 0 aliphatic rings. The summed E-state index contributed by atoms with van der Waals surface area (Å²) in [6.45, 7) is 15.7. The van der Waals surface area contributed by atoms with Crippen LogP contribution in [-0.2, 0) is 44.8 Å². The molecule has 0 bridgehead atoms. The molecule has 0 unspecified atom stereocenters. The van der Waals surface area contributed by atoms with Crippen molar-refractivity contribution in [3.8, 4) is 0 Å². The summed E-state index contributed by atoms with van der Waals surface area (Å²) in [6, 6.07) is 0. The molecule has 0 aromatic rings. The molecule has 0 fully saturated rings. The van der Waals surface area contributed by atoms with Crippen LogP contribution < -0.4 is 51.1 Å². The van der Waals surface area contributed by atoms with E-state index in [9.17, 15) is 0 Å². The van der Waals surface area contributed by atoms with Crippen molar-refractivity contribution in [3.63, 3.8) is 0 Å². The van der Waals surface area contributed by atoms with Gasteiger partial charge in [-0.05, 0) is 0 Å². The Hall–Kier alpha value is 1.08. The van der Waals surface area contributed by atoms with E-state index in [1.165, 1.54) is 0 Å². The topological polar surface area (TPSA) is 231 Å². The third kappa shape index (κ3) is 24100. The first-order valence-corrected chi connectivity index (χ1v) is 9.96. The van der Waals surface area contributed by atoms with E-state index < -0.39 is 0 Å². The maximum absolute atomic E-state index is 8.93. The van der Waals surface area contributed by atoms with Gasteiger partial charge in [0.25, 0.3) is 0 Å². The van der Waals surface area contributed by atoms with Crippen LogP contribution >= 0.6 is 0 Å². The van der Waals surface area contributed by atoms with Gasteiger partial charge in [0.05, 0.1) is 0 Å². The Morgan fingerprint density at radius 1 is 0.219 bits per heavy atom. The Morgan fingerprint density at radius 3 is 0.219 bits per heavy atom. The number of hydrogen-bond donors (Lipinski definition) is 0. The summed E-state index contributed by atoms with van der Waals surface area (Å²) < 4.78 is 0. The summed E-state index contributed by atoms with van der Waals surface area (Å²) in [7, 11) is 0. The van der Waals surface area contributed by atoms with Gasteiger partial charge in [0, 0.05) is 0 Å². The molecule has 10 nitrogen and oxygen atoms in total. The van der Waals surface area contributed by atoms with Crippen molar-refractivity contribution in [2.75, 3.05) is 66.1 Å². The molecule has 0 aliphatic carbocycles. The smallest absolute Gasteiger partial charge is 0.855 e. The van der Waals surface area contributed by atoms with Crippen LogP contribution in [0.25, 0.3) is 0 Å². The van der Waals surface area contributed by atoms with Gasteiger partial charge in [0.2, 0.25) is 0 Å². The molecule has 0 atom stereocenters. The van der Waals surface area contributed by atoms with Crippen LogP contribution in [0.2, 0.25) is 0 Å². The van der Waals surface area contributed by atoms with Gasteiger partial charge in [-0.25, -0.2) is 0 Å². The van der Waals surface area contributed by atoms with Crippen molar-refractivity contribution in [1.29, 1.82) is 0 Å². The second kappa shape index (κ2) is 252. The molecule has 0 rings (SSSR count). The van der Waals surface area contributed by atoms with Crippen LogP contribution in [0.1, 0.15) is 69.2 Å². The van der Waals surface area contributed by atoms with Gasteiger partial charge in [0.15, 0.2) is 0 Å². The monoisotopic (exact) mass is 636 g/mol. The van der Waals surface area contributed by atoms with E-state index in [0.717, 1.165) is 0 Å². The first-order valence-electron chi connectivity index (χ1n) is 9.96. The third-order valence-electron chi connectivity index (χ3n) is 0. The summed E-state index contributed by atoms with van der Waals surface area (Å²) in [4.78, 5) is 0. The first-order chi connectivity index (χ1) is 14.1. The molecule has 0 heterocycles. The molecule has 0 saturated carbocycles. The predicted molar refractivity (Wildman–Crippen MR) is 105 cm³/mol. The van der Waals surface area contributed by atoms with Crippen LogP contribution in [0, 0.1) is 0 Å². The molecule has 0 N–H and O–H groups in total. The molecule has 0 radical (unpaired) electrons. The number of rotatable bonds is 0. The quantitative estimate of drug-likeness (QED) is 0.228. The second-order valence-electron chi connectivity index (χ2n) is 2.89. The first kappa shape index (κ1) is 76.6. The normalized spacial score (nSPS) is 5.62. The van der Waals surface area contributed by atoms with E-state index in [0.29, 0.717) is 0 Å². The Labute approximate surface area is 230 Å². The molecular weight excluding hydrogens is 586 g/mol. The molecule has 0 saturated heterocycles. The zero-order chi connectivity index (χ0) is 27.1. The Kier molecular flexibility index (Phi) is 604. The Balaban J connectivity index is -0.0000000138. The SMILES string of the molecule is CC[O-].CC[O-].CC[O-].CC[O-].CC[O-].CC[O-].CC[O-].CC[O-].CC[O-].CC[O-].[Nb+5].[Nb+5]. The zero-order valence-corrected chi connectivity index (χ0v) is 26.4. The van der Waals surface area contributed by atoms with Gasteiger partial charge in [-0.3, -0.25) is 0 Å². The second-order valence-corrected chi connectivity index (χ2v) is 2.89. The summed E-state index contributed by atoms with van der Waals surface area (Å²) in [5.74, 6) is 0. The van der Waals surface area contributed by atoms with Crippen molar-refractivity contribution < 1.29 is 95.8 Å². The van der Waals surface area contributed by atoms with E-state index in [-0.39, 0.29) is 111 Å². The van der Waals surface area contributed by atoms with Crippen LogP contribution in [0.15, 0.2) is 0 Å². The fourth-order valence-corrected chi connectivity index (χ4v) is 0.